The van der Waals surface area contributed by atoms with Crippen molar-refractivity contribution in [3.8, 4) is 11.5 Å². The number of carbonyl (C=O) groups excluding carboxylic acids is 4. The minimum Gasteiger partial charge on any atom is -0.491 e. The third-order valence-corrected chi connectivity index (χ3v) is 5.75. The molecule has 0 spiro atoms. The zero-order valence-electron chi connectivity index (χ0n) is 19.7. The van der Waals surface area contributed by atoms with Crippen LogP contribution in [0.5, 0.6) is 11.5 Å². The number of rotatable bonds is 7. The molecule has 0 bridgehead atoms. The van der Waals surface area contributed by atoms with Crippen molar-refractivity contribution in [1.29, 1.82) is 0 Å². The van der Waals surface area contributed by atoms with Crippen molar-refractivity contribution in [1.82, 2.24) is 10.0 Å². The molecule has 4 amide bonds. The molecule has 178 valence electrons. The normalized spacial score (nSPS) is 20.8. The van der Waals surface area contributed by atoms with Gasteiger partial charge in [0.15, 0.2) is 0 Å². The smallest absolute Gasteiger partial charge is 0.256 e. The molecule has 0 saturated carbocycles. The van der Waals surface area contributed by atoms with Gasteiger partial charge in [0, 0.05) is 12.8 Å². The average Bonchev–Trinajstić information content (AvgIpc) is 3.22. The van der Waals surface area contributed by atoms with Gasteiger partial charge in [-0.2, -0.15) is 10.0 Å². The number of imide groups is 2. The standard InChI is InChI=1S/C26H28N2O6/c1-15(2)33-19-9-5-17(6-10-19)21-13-23(29)27(25(21)31)28-24(30)14-22(26(28)32)18-7-11-20(12-8-18)34-16(3)4/h5-12,15-16,21-22H,13-14H2,1-4H3. The van der Waals surface area contributed by atoms with Gasteiger partial charge < -0.3 is 9.47 Å². The Morgan fingerprint density at radius 1 is 0.618 bits per heavy atom. The van der Waals surface area contributed by atoms with E-state index in [1.165, 1.54) is 0 Å². The van der Waals surface area contributed by atoms with Crippen LogP contribution in [0.1, 0.15) is 63.5 Å². The van der Waals surface area contributed by atoms with E-state index in [0.717, 1.165) is 10.0 Å². The Kier molecular flexibility index (Phi) is 6.41. The van der Waals surface area contributed by atoms with Gasteiger partial charge in [-0.25, -0.2) is 0 Å². The predicted octanol–water partition coefficient (Wildman–Crippen LogP) is 3.56. The van der Waals surface area contributed by atoms with Gasteiger partial charge in [0.1, 0.15) is 11.5 Å². The van der Waals surface area contributed by atoms with Crippen LogP contribution >= 0.6 is 0 Å². The Labute approximate surface area is 198 Å². The minimum atomic E-state index is -0.757. The van der Waals surface area contributed by atoms with Crippen LogP contribution in [0.25, 0.3) is 0 Å². The van der Waals surface area contributed by atoms with Crippen LogP contribution < -0.4 is 9.47 Å². The van der Waals surface area contributed by atoms with Crippen LogP contribution in [0.3, 0.4) is 0 Å². The summed E-state index contributed by atoms with van der Waals surface area (Å²) in [6.07, 6.45) is -0.191. The van der Waals surface area contributed by atoms with E-state index in [1.807, 2.05) is 27.7 Å². The van der Waals surface area contributed by atoms with Gasteiger partial charge in [-0.1, -0.05) is 24.3 Å². The molecule has 0 aliphatic carbocycles. The summed E-state index contributed by atoms with van der Waals surface area (Å²) >= 11 is 0. The number of benzene rings is 2. The van der Waals surface area contributed by atoms with Crippen molar-refractivity contribution in [3.63, 3.8) is 0 Å². The highest BCUT2D eigenvalue weighted by atomic mass is 16.5. The van der Waals surface area contributed by atoms with E-state index in [0.29, 0.717) is 22.6 Å². The minimum absolute atomic E-state index is 0.00936. The van der Waals surface area contributed by atoms with Crippen LogP contribution in [0, 0.1) is 0 Å². The monoisotopic (exact) mass is 464 g/mol. The number of nitrogens with zero attached hydrogens (tertiary/aromatic N) is 2. The highest BCUT2D eigenvalue weighted by molar-refractivity contribution is 6.14. The molecule has 0 radical (unpaired) electrons. The van der Waals surface area contributed by atoms with Crippen molar-refractivity contribution in [3.05, 3.63) is 59.7 Å². The summed E-state index contributed by atoms with van der Waals surface area (Å²) in [5.74, 6) is -2.49. The second-order valence-electron chi connectivity index (χ2n) is 9.07. The molecule has 2 aliphatic heterocycles. The number of carbonyl (C=O) groups is 4. The SMILES string of the molecule is CC(C)Oc1ccc(C2CC(=O)N(N3C(=O)CC(c4ccc(OC(C)C)cc4)C3=O)C2=O)cc1. The summed E-state index contributed by atoms with van der Waals surface area (Å²) in [5, 5.41) is 1.45. The van der Waals surface area contributed by atoms with E-state index in [1.54, 1.807) is 48.5 Å². The van der Waals surface area contributed by atoms with Crippen molar-refractivity contribution in [2.45, 2.75) is 64.6 Å². The Balaban J connectivity index is 1.51. The van der Waals surface area contributed by atoms with Gasteiger partial charge in [-0.15, -0.1) is 0 Å². The molecule has 0 N–H and O–H groups in total. The molecule has 8 nitrogen and oxygen atoms in total. The molecule has 2 aliphatic rings. The zero-order chi connectivity index (χ0) is 24.6. The van der Waals surface area contributed by atoms with Crippen molar-refractivity contribution in [2.24, 2.45) is 0 Å². The van der Waals surface area contributed by atoms with E-state index in [4.69, 9.17) is 9.47 Å². The molecular formula is C26H28N2O6. The van der Waals surface area contributed by atoms with E-state index in [-0.39, 0.29) is 25.0 Å². The van der Waals surface area contributed by atoms with Gasteiger partial charge >= 0.3 is 0 Å². The first-order valence-corrected chi connectivity index (χ1v) is 11.4. The molecule has 2 unspecified atom stereocenters. The van der Waals surface area contributed by atoms with Gasteiger partial charge in [0.25, 0.3) is 11.8 Å². The highest BCUT2D eigenvalue weighted by Gasteiger charge is 2.51. The second kappa shape index (κ2) is 9.29. The molecule has 0 aromatic heterocycles. The van der Waals surface area contributed by atoms with Crippen molar-refractivity contribution < 1.29 is 28.7 Å². The first-order chi connectivity index (χ1) is 16.2. The molecule has 34 heavy (non-hydrogen) atoms. The Hall–Kier alpha value is -3.68. The summed E-state index contributed by atoms with van der Waals surface area (Å²) in [6.45, 7) is 7.65. The Morgan fingerprint density at radius 2 is 0.941 bits per heavy atom. The van der Waals surface area contributed by atoms with Crippen LogP contribution in [0.4, 0.5) is 0 Å². The molecule has 2 aromatic carbocycles. The van der Waals surface area contributed by atoms with Gasteiger partial charge in [-0.05, 0) is 63.1 Å². The Bertz CT molecular complexity index is 1020. The quantitative estimate of drug-likeness (QED) is 0.582. The fourth-order valence-corrected chi connectivity index (χ4v) is 4.28. The van der Waals surface area contributed by atoms with Crippen LogP contribution in [0.15, 0.2) is 48.5 Å². The third kappa shape index (κ3) is 4.53. The molecule has 2 fully saturated rings. The molecule has 4 rings (SSSR count). The lowest BCUT2D eigenvalue weighted by atomic mass is 9.97. The number of ether oxygens (including phenoxy) is 2. The largest absolute Gasteiger partial charge is 0.491 e. The molecule has 8 heteroatoms. The summed E-state index contributed by atoms with van der Waals surface area (Å²) < 4.78 is 11.2. The third-order valence-electron chi connectivity index (χ3n) is 5.75. The zero-order valence-corrected chi connectivity index (χ0v) is 19.7. The number of hydrogen-bond donors (Lipinski definition) is 0. The molecule has 2 aromatic rings. The molecule has 2 heterocycles. The van der Waals surface area contributed by atoms with Crippen molar-refractivity contribution >= 4 is 23.6 Å². The van der Waals surface area contributed by atoms with Crippen LogP contribution in [0.2, 0.25) is 0 Å². The van der Waals surface area contributed by atoms with E-state index < -0.39 is 35.5 Å². The average molecular weight is 465 g/mol. The van der Waals surface area contributed by atoms with Gasteiger partial charge in [0.2, 0.25) is 11.8 Å². The van der Waals surface area contributed by atoms with Crippen LogP contribution in [-0.4, -0.2) is 45.9 Å². The number of hydrazine groups is 1. The maximum absolute atomic E-state index is 13.2. The molecule has 2 saturated heterocycles. The lowest BCUT2D eigenvalue weighted by Crippen LogP contribution is -2.49. The molecule has 2 atom stereocenters. The fourth-order valence-electron chi connectivity index (χ4n) is 4.28. The first-order valence-electron chi connectivity index (χ1n) is 11.4. The number of hydrogen-bond acceptors (Lipinski definition) is 6. The maximum atomic E-state index is 13.2. The summed E-state index contributed by atoms with van der Waals surface area (Å²) in [4.78, 5) is 51.9. The van der Waals surface area contributed by atoms with Gasteiger partial charge in [-0.3, -0.25) is 19.2 Å². The summed E-state index contributed by atoms with van der Waals surface area (Å²) in [7, 11) is 0. The summed E-state index contributed by atoms with van der Waals surface area (Å²) in [5.41, 5.74) is 1.27. The predicted molar refractivity (Wildman–Crippen MR) is 123 cm³/mol. The topological polar surface area (TPSA) is 93.2 Å². The first kappa shape index (κ1) is 23.5. The lowest BCUT2D eigenvalue weighted by Gasteiger charge is -2.24. The van der Waals surface area contributed by atoms with E-state index in [2.05, 4.69) is 0 Å². The van der Waals surface area contributed by atoms with E-state index in [9.17, 15) is 19.2 Å². The highest BCUT2D eigenvalue weighted by Crippen LogP contribution is 2.37. The lowest BCUT2D eigenvalue weighted by molar-refractivity contribution is -0.172. The van der Waals surface area contributed by atoms with Crippen LogP contribution in [-0.2, 0) is 19.2 Å². The number of amides is 4. The fraction of sp³-hybridized carbons (Fsp3) is 0.385. The maximum Gasteiger partial charge on any atom is 0.256 e. The van der Waals surface area contributed by atoms with Crippen molar-refractivity contribution in [2.75, 3.05) is 0 Å². The van der Waals surface area contributed by atoms with E-state index >= 15 is 0 Å². The second-order valence-corrected chi connectivity index (χ2v) is 9.07. The Morgan fingerprint density at radius 3 is 1.24 bits per heavy atom. The molecular weight excluding hydrogens is 436 g/mol. The summed E-state index contributed by atoms with van der Waals surface area (Å²) in [6, 6.07) is 13.9. The van der Waals surface area contributed by atoms with Gasteiger partial charge in [0.05, 0.1) is 24.0 Å².